The Morgan fingerprint density at radius 1 is 1.21 bits per heavy atom. The number of hydrogen-bond donors (Lipinski definition) is 1. The van der Waals surface area contributed by atoms with Crippen LogP contribution in [0.4, 0.5) is 5.69 Å². The fourth-order valence-electron chi connectivity index (χ4n) is 2.05. The van der Waals surface area contributed by atoms with Crippen LogP contribution in [-0.2, 0) is 20.7 Å². The van der Waals surface area contributed by atoms with Gasteiger partial charge in [-0.2, -0.15) is 0 Å². The van der Waals surface area contributed by atoms with E-state index in [2.05, 4.69) is 12.2 Å². The Hall–Kier alpha value is -2.82. The van der Waals surface area contributed by atoms with E-state index in [0.29, 0.717) is 11.4 Å². The van der Waals surface area contributed by atoms with Crippen molar-refractivity contribution in [2.45, 2.75) is 26.2 Å². The quantitative estimate of drug-likeness (QED) is 0.591. The van der Waals surface area contributed by atoms with E-state index in [-0.39, 0.29) is 12.5 Å². The lowest BCUT2D eigenvalue weighted by Gasteiger charge is -2.06. The standard InChI is InChI=1S/C19H21NO4/c1-2-3-5-15-7-9-16(10-8-15)20-18(21)14-24-19(22)12-11-17-6-4-13-23-17/h4,6-13H,2-3,5,14H2,1H3,(H,20,21)/b12-11+. The number of nitrogens with one attached hydrogen (secondary N) is 1. The Morgan fingerprint density at radius 3 is 2.67 bits per heavy atom. The van der Waals surface area contributed by atoms with Crippen molar-refractivity contribution < 1.29 is 18.7 Å². The van der Waals surface area contributed by atoms with E-state index in [0.717, 1.165) is 19.3 Å². The van der Waals surface area contributed by atoms with Crippen molar-refractivity contribution in [3.8, 4) is 0 Å². The van der Waals surface area contributed by atoms with Gasteiger partial charge in [0.2, 0.25) is 0 Å². The van der Waals surface area contributed by atoms with Crippen molar-refractivity contribution in [1.82, 2.24) is 0 Å². The van der Waals surface area contributed by atoms with Gasteiger partial charge in [-0.05, 0) is 48.7 Å². The van der Waals surface area contributed by atoms with Gasteiger partial charge in [0.1, 0.15) is 5.76 Å². The molecule has 1 aromatic carbocycles. The van der Waals surface area contributed by atoms with Gasteiger partial charge in [-0.3, -0.25) is 4.79 Å². The molecule has 0 aliphatic carbocycles. The molecule has 0 aliphatic heterocycles. The number of carbonyl (C=O) groups is 2. The molecule has 5 nitrogen and oxygen atoms in total. The minimum atomic E-state index is -0.600. The normalized spacial score (nSPS) is 10.7. The van der Waals surface area contributed by atoms with Gasteiger partial charge in [0.15, 0.2) is 6.61 Å². The predicted octanol–water partition coefficient (Wildman–Crippen LogP) is 3.82. The molecule has 0 saturated heterocycles. The van der Waals surface area contributed by atoms with Gasteiger partial charge in [-0.1, -0.05) is 25.5 Å². The zero-order valence-corrected chi connectivity index (χ0v) is 13.7. The number of hydrogen-bond acceptors (Lipinski definition) is 4. The summed E-state index contributed by atoms with van der Waals surface area (Å²) in [4.78, 5) is 23.3. The number of furan rings is 1. The lowest BCUT2D eigenvalue weighted by molar-refractivity contribution is -0.142. The second-order valence-electron chi connectivity index (χ2n) is 5.31. The third-order valence-corrected chi connectivity index (χ3v) is 3.33. The third kappa shape index (κ3) is 6.12. The molecule has 0 aliphatic rings. The van der Waals surface area contributed by atoms with Crippen LogP contribution >= 0.6 is 0 Å². The summed E-state index contributed by atoms with van der Waals surface area (Å²) in [6.07, 6.45) is 7.53. The highest BCUT2D eigenvalue weighted by atomic mass is 16.5. The topological polar surface area (TPSA) is 68.5 Å². The number of rotatable bonds is 8. The number of amides is 1. The van der Waals surface area contributed by atoms with Gasteiger partial charge in [-0.15, -0.1) is 0 Å². The van der Waals surface area contributed by atoms with Crippen molar-refractivity contribution in [1.29, 1.82) is 0 Å². The van der Waals surface area contributed by atoms with Crippen molar-refractivity contribution in [3.05, 3.63) is 60.1 Å². The Labute approximate surface area is 141 Å². The van der Waals surface area contributed by atoms with Crippen LogP contribution in [0.3, 0.4) is 0 Å². The number of unbranched alkanes of at least 4 members (excludes halogenated alkanes) is 1. The minimum Gasteiger partial charge on any atom is -0.465 e. The first-order chi connectivity index (χ1) is 11.7. The molecule has 0 fully saturated rings. The smallest absolute Gasteiger partial charge is 0.331 e. The molecule has 2 rings (SSSR count). The van der Waals surface area contributed by atoms with Crippen LogP contribution in [0.1, 0.15) is 31.1 Å². The summed E-state index contributed by atoms with van der Waals surface area (Å²) in [5.74, 6) is -0.438. The van der Waals surface area contributed by atoms with E-state index < -0.39 is 5.97 Å². The van der Waals surface area contributed by atoms with Gasteiger partial charge in [0.05, 0.1) is 6.26 Å². The van der Waals surface area contributed by atoms with E-state index in [1.807, 2.05) is 24.3 Å². The van der Waals surface area contributed by atoms with E-state index >= 15 is 0 Å². The van der Waals surface area contributed by atoms with Crippen molar-refractivity contribution in [3.63, 3.8) is 0 Å². The summed E-state index contributed by atoms with van der Waals surface area (Å²) >= 11 is 0. The molecule has 1 amide bonds. The second-order valence-corrected chi connectivity index (χ2v) is 5.31. The van der Waals surface area contributed by atoms with Crippen LogP contribution < -0.4 is 5.32 Å². The Balaban J connectivity index is 1.73. The maximum Gasteiger partial charge on any atom is 0.331 e. The second kappa shape index (κ2) is 9.35. The average Bonchev–Trinajstić information content (AvgIpc) is 3.11. The van der Waals surface area contributed by atoms with Crippen LogP contribution in [0, 0.1) is 0 Å². The Kier molecular flexibility index (Phi) is 6.83. The molecule has 1 heterocycles. The monoisotopic (exact) mass is 327 g/mol. The van der Waals surface area contributed by atoms with Gasteiger partial charge < -0.3 is 14.5 Å². The van der Waals surface area contributed by atoms with Crippen molar-refractivity contribution in [2.24, 2.45) is 0 Å². The number of aryl methyl sites for hydroxylation is 1. The highest BCUT2D eigenvalue weighted by molar-refractivity contribution is 5.94. The first kappa shape index (κ1) is 17.5. The van der Waals surface area contributed by atoms with Gasteiger partial charge in [0.25, 0.3) is 5.91 Å². The molecule has 1 N–H and O–H groups in total. The van der Waals surface area contributed by atoms with E-state index in [1.54, 1.807) is 12.1 Å². The summed E-state index contributed by atoms with van der Waals surface area (Å²) in [6.45, 7) is 1.82. The molecule has 0 saturated carbocycles. The minimum absolute atomic E-state index is 0.334. The molecular formula is C19H21NO4. The molecule has 126 valence electrons. The molecule has 0 unspecified atom stereocenters. The molecule has 2 aromatic rings. The van der Waals surface area contributed by atoms with Crippen molar-refractivity contribution >= 4 is 23.6 Å². The summed E-state index contributed by atoms with van der Waals surface area (Å²) in [5, 5.41) is 2.69. The van der Waals surface area contributed by atoms with Crippen LogP contribution in [-0.4, -0.2) is 18.5 Å². The first-order valence-corrected chi connectivity index (χ1v) is 7.94. The molecular weight excluding hydrogens is 306 g/mol. The summed E-state index contributed by atoms with van der Waals surface area (Å²) in [5.41, 5.74) is 1.92. The van der Waals surface area contributed by atoms with Gasteiger partial charge >= 0.3 is 5.97 Å². The van der Waals surface area contributed by atoms with Crippen molar-refractivity contribution in [2.75, 3.05) is 11.9 Å². The highest BCUT2D eigenvalue weighted by Crippen LogP contribution is 2.11. The number of esters is 1. The van der Waals surface area contributed by atoms with Gasteiger partial charge in [-0.25, -0.2) is 4.79 Å². The average molecular weight is 327 g/mol. The summed E-state index contributed by atoms with van der Waals surface area (Å²) in [7, 11) is 0. The maximum absolute atomic E-state index is 11.8. The van der Waals surface area contributed by atoms with Crippen LogP contribution in [0.25, 0.3) is 6.08 Å². The van der Waals surface area contributed by atoms with Gasteiger partial charge in [0, 0.05) is 11.8 Å². The molecule has 1 aromatic heterocycles. The number of anilines is 1. The molecule has 24 heavy (non-hydrogen) atoms. The predicted molar refractivity (Wildman–Crippen MR) is 92.4 cm³/mol. The molecule has 0 atom stereocenters. The number of ether oxygens (including phenoxy) is 1. The SMILES string of the molecule is CCCCc1ccc(NC(=O)COC(=O)/C=C/c2ccco2)cc1. The maximum atomic E-state index is 11.8. The lowest BCUT2D eigenvalue weighted by Crippen LogP contribution is -2.20. The fourth-order valence-corrected chi connectivity index (χ4v) is 2.05. The Morgan fingerprint density at radius 2 is 2.00 bits per heavy atom. The fraction of sp³-hybridized carbons (Fsp3) is 0.263. The summed E-state index contributed by atoms with van der Waals surface area (Å²) in [6, 6.07) is 11.1. The lowest BCUT2D eigenvalue weighted by atomic mass is 10.1. The van der Waals surface area contributed by atoms with Crippen LogP contribution in [0.5, 0.6) is 0 Å². The number of carbonyl (C=O) groups excluding carboxylic acids is 2. The zero-order valence-electron chi connectivity index (χ0n) is 13.7. The highest BCUT2D eigenvalue weighted by Gasteiger charge is 2.06. The van der Waals surface area contributed by atoms with E-state index in [4.69, 9.17) is 9.15 Å². The molecule has 5 heteroatoms. The third-order valence-electron chi connectivity index (χ3n) is 3.33. The van der Waals surface area contributed by atoms with E-state index in [1.165, 1.54) is 24.0 Å². The molecule has 0 bridgehead atoms. The zero-order chi connectivity index (χ0) is 17.2. The largest absolute Gasteiger partial charge is 0.465 e. The van der Waals surface area contributed by atoms with E-state index in [9.17, 15) is 9.59 Å². The summed E-state index contributed by atoms with van der Waals surface area (Å²) < 4.78 is 9.92. The molecule has 0 spiro atoms. The molecule has 0 radical (unpaired) electrons. The van der Waals surface area contributed by atoms with Crippen LogP contribution in [0.2, 0.25) is 0 Å². The Bertz CT molecular complexity index is 672. The number of benzene rings is 1. The van der Waals surface area contributed by atoms with Crippen LogP contribution in [0.15, 0.2) is 53.2 Å². The first-order valence-electron chi connectivity index (χ1n) is 7.94.